The van der Waals surface area contributed by atoms with Gasteiger partial charge in [-0.3, -0.25) is 9.59 Å². The Morgan fingerprint density at radius 3 is 2.55 bits per heavy atom. The fourth-order valence-electron chi connectivity index (χ4n) is 1.54. The Labute approximate surface area is 115 Å². The first-order valence-corrected chi connectivity index (χ1v) is 6.13. The van der Waals surface area contributed by atoms with E-state index >= 15 is 0 Å². The minimum atomic E-state index is -1.01. The smallest absolute Gasteiger partial charge is 0.257 e. The van der Waals surface area contributed by atoms with E-state index in [-0.39, 0.29) is 23.7 Å². The summed E-state index contributed by atoms with van der Waals surface area (Å²) in [5, 5.41) is 2.59. The van der Waals surface area contributed by atoms with Gasteiger partial charge in [-0.2, -0.15) is 0 Å². The van der Waals surface area contributed by atoms with Gasteiger partial charge in [-0.05, 0) is 12.5 Å². The summed E-state index contributed by atoms with van der Waals surface area (Å²) in [6, 6.07) is 1.47. The van der Waals surface area contributed by atoms with Crippen LogP contribution in [-0.4, -0.2) is 36.9 Å². The Kier molecular flexibility index (Phi) is 5.42. The van der Waals surface area contributed by atoms with Crippen molar-refractivity contribution in [3.8, 4) is 0 Å². The summed E-state index contributed by atoms with van der Waals surface area (Å²) in [4.78, 5) is 24.5. The number of nitrogens with one attached hydrogen (secondary N) is 1. The third-order valence-electron chi connectivity index (χ3n) is 2.62. The molecule has 0 fully saturated rings. The second kappa shape index (κ2) is 6.83. The van der Waals surface area contributed by atoms with E-state index in [4.69, 9.17) is 5.73 Å². The molecular weight excluding hydrogens is 268 g/mol. The lowest BCUT2D eigenvalue weighted by Gasteiger charge is -2.17. The number of carbonyl (C=O) groups is 2. The van der Waals surface area contributed by atoms with E-state index in [1.807, 2.05) is 6.92 Å². The van der Waals surface area contributed by atoms with Crippen molar-refractivity contribution >= 4 is 17.5 Å². The van der Waals surface area contributed by atoms with E-state index in [1.54, 1.807) is 0 Å². The number of hydrogen-bond acceptors (Lipinski definition) is 3. The van der Waals surface area contributed by atoms with Crippen molar-refractivity contribution < 1.29 is 18.4 Å². The second-order valence-electron chi connectivity index (χ2n) is 4.36. The molecule has 0 aliphatic rings. The fourth-order valence-corrected chi connectivity index (χ4v) is 1.54. The van der Waals surface area contributed by atoms with Crippen molar-refractivity contribution in [2.24, 2.45) is 0 Å². The number of nitrogens with zero attached hydrogens (tertiary/aromatic N) is 1. The number of benzene rings is 1. The lowest BCUT2D eigenvalue weighted by molar-refractivity contribution is -0.121. The van der Waals surface area contributed by atoms with Crippen LogP contribution in [0.2, 0.25) is 0 Å². The molecule has 0 aliphatic carbocycles. The summed E-state index contributed by atoms with van der Waals surface area (Å²) in [6.07, 6.45) is 0.770. The van der Waals surface area contributed by atoms with Gasteiger partial charge in [-0.25, -0.2) is 8.78 Å². The lowest BCUT2D eigenvalue weighted by Crippen LogP contribution is -2.38. The van der Waals surface area contributed by atoms with Crippen LogP contribution in [0.15, 0.2) is 12.1 Å². The van der Waals surface area contributed by atoms with Crippen LogP contribution in [0.3, 0.4) is 0 Å². The van der Waals surface area contributed by atoms with Gasteiger partial charge in [0.25, 0.3) is 5.91 Å². The Bertz CT molecular complexity index is 521. The summed E-state index contributed by atoms with van der Waals surface area (Å²) < 4.78 is 26.6. The normalized spacial score (nSPS) is 10.2. The number of rotatable bonds is 5. The molecule has 0 spiro atoms. The lowest BCUT2D eigenvalue weighted by atomic mass is 10.1. The molecule has 3 N–H and O–H groups in total. The van der Waals surface area contributed by atoms with Crippen LogP contribution in [0.25, 0.3) is 0 Å². The highest BCUT2D eigenvalue weighted by Gasteiger charge is 2.20. The fraction of sp³-hybridized carbons (Fsp3) is 0.385. The molecule has 0 aromatic heterocycles. The average Bonchev–Trinajstić information content (AvgIpc) is 2.39. The van der Waals surface area contributed by atoms with E-state index in [2.05, 4.69) is 5.32 Å². The maximum atomic E-state index is 13.5. The monoisotopic (exact) mass is 285 g/mol. The molecule has 0 saturated heterocycles. The first-order valence-electron chi connectivity index (χ1n) is 6.13. The van der Waals surface area contributed by atoms with Crippen LogP contribution in [0.4, 0.5) is 14.5 Å². The highest BCUT2D eigenvalue weighted by molar-refractivity contribution is 5.97. The van der Waals surface area contributed by atoms with Gasteiger partial charge in [0.15, 0.2) is 0 Å². The van der Waals surface area contributed by atoms with Crippen molar-refractivity contribution in [2.75, 3.05) is 25.9 Å². The van der Waals surface area contributed by atoms with Crippen molar-refractivity contribution in [3.05, 3.63) is 29.3 Å². The van der Waals surface area contributed by atoms with Gasteiger partial charge in [0.05, 0.1) is 17.8 Å². The van der Waals surface area contributed by atoms with Crippen LogP contribution in [0.1, 0.15) is 23.7 Å². The van der Waals surface area contributed by atoms with Crippen molar-refractivity contribution in [1.82, 2.24) is 10.2 Å². The highest BCUT2D eigenvalue weighted by atomic mass is 19.1. The molecule has 2 amide bonds. The number of likely N-dealkylation sites (N-methyl/N-ethyl adjacent to an activating group) is 1. The molecule has 1 aromatic carbocycles. The van der Waals surface area contributed by atoms with E-state index in [1.165, 1.54) is 7.05 Å². The van der Waals surface area contributed by atoms with Gasteiger partial charge in [0.2, 0.25) is 5.91 Å². The summed E-state index contributed by atoms with van der Waals surface area (Å²) in [5.74, 6) is -3.02. The third-order valence-corrected chi connectivity index (χ3v) is 2.62. The summed E-state index contributed by atoms with van der Waals surface area (Å²) >= 11 is 0. The Balaban J connectivity index is 2.79. The number of halogens is 2. The third kappa shape index (κ3) is 3.91. The summed E-state index contributed by atoms with van der Waals surface area (Å²) in [5.41, 5.74) is 4.62. The molecule has 1 rings (SSSR count). The van der Waals surface area contributed by atoms with Crippen LogP contribution in [0.5, 0.6) is 0 Å². The van der Waals surface area contributed by atoms with Gasteiger partial charge in [-0.1, -0.05) is 6.92 Å². The molecule has 0 saturated carbocycles. The van der Waals surface area contributed by atoms with Crippen LogP contribution in [0, 0.1) is 11.6 Å². The zero-order chi connectivity index (χ0) is 15.3. The minimum absolute atomic E-state index is 0.213. The van der Waals surface area contributed by atoms with Crippen LogP contribution >= 0.6 is 0 Å². The molecule has 0 atom stereocenters. The van der Waals surface area contributed by atoms with Crippen LogP contribution in [-0.2, 0) is 4.79 Å². The van der Waals surface area contributed by atoms with E-state index in [9.17, 15) is 18.4 Å². The Morgan fingerprint density at radius 2 is 1.95 bits per heavy atom. The largest absolute Gasteiger partial charge is 0.396 e. The van der Waals surface area contributed by atoms with Crippen molar-refractivity contribution in [2.45, 2.75) is 13.3 Å². The number of hydrogen-bond donors (Lipinski definition) is 2. The summed E-state index contributed by atoms with van der Waals surface area (Å²) in [6.45, 7) is 2.18. The molecule has 5 nitrogen and oxygen atoms in total. The van der Waals surface area contributed by atoms with Crippen molar-refractivity contribution in [1.29, 1.82) is 0 Å². The summed E-state index contributed by atoms with van der Waals surface area (Å²) in [7, 11) is 1.35. The minimum Gasteiger partial charge on any atom is -0.396 e. The number of nitrogens with two attached hydrogens (primary N) is 1. The quantitative estimate of drug-likeness (QED) is 0.797. The molecule has 7 heteroatoms. The van der Waals surface area contributed by atoms with Gasteiger partial charge in [0, 0.05) is 19.7 Å². The molecule has 20 heavy (non-hydrogen) atoms. The van der Waals surface area contributed by atoms with E-state index in [0.29, 0.717) is 12.6 Å². The number of amides is 2. The Morgan fingerprint density at radius 1 is 1.30 bits per heavy atom. The standard InChI is InChI=1S/C13H17F2N3O2/c1-3-4-17-12(19)7-18(2)13(20)8-5-11(16)10(15)6-9(8)14/h5-6H,3-4,7,16H2,1-2H3,(H,17,19). The van der Waals surface area contributed by atoms with E-state index < -0.39 is 17.5 Å². The predicted octanol–water partition coefficient (Wildman–Crippen LogP) is 1.15. The topological polar surface area (TPSA) is 75.4 Å². The number of carbonyl (C=O) groups excluding carboxylic acids is 2. The number of nitrogen functional groups attached to an aromatic ring is 1. The second-order valence-corrected chi connectivity index (χ2v) is 4.36. The first-order chi connectivity index (χ1) is 9.36. The predicted molar refractivity (Wildman–Crippen MR) is 71.0 cm³/mol. The van der Waals surface area contributed by atoms with E-state index in [0.717, 1.165) is 17.4 Å². The molecule has 1 aromatic rings. The zero-order valence-corrected chi connectivity index (χ0v) is 11.4. The van der Waals surface area contributed by atoms with Gasteiger partial charge < -0.3 is 16.0 Å². The van der Waals surface area contributed by atoms with Crippen LogP contribution < -0.4 is 11.1 Å². The molecule has 0 bridgehead atoms. The molecular formula is C13H17F2N3O2. The average molecular weight is 285 g/mol. The van der Waals surface area contributed by atoms with Crippen molar-refractivity contribution in [3.63, 3.8) is 0 Å². The van der Waals surface area contributed by atoms with Gasteiger partial charge >= 0.3 is 0 Å². The molecule has 0 unspecified atom stereocenters. The highest BCUT2D eigenvalue weighted by Crippen LogP contribution is 2.17. The molecule has 110 valence electrons. The van der Waals surface area contributed by atoms with Gasteiger partial charge in [-0.15, -0.1) is 0 Å². The maximum absolute atomic E-state index is 13.5. The molecule has 0 radical (unpaired) electrons. The first kappa shape index (κ1) is 15.9. The molecule has 0 heterocycles. The molecule has 0 aliphatic heterocycles. The zero-order valence-electron chi connectivity index (χ0n) is 11.4. The van der Waals surface area contributed by atoms with Gasteiger partial charge in [0.1, 0.15) is 11.6 Å². The maximum Gasteiger partial charge on any atom is 0.257 e. The Hall–Kier alpha value is -2.18. The SMILES string of the molecule is CCCNC(=O)CN(C)C(=O)c1cc(N)c(F)cc1F. The number of anilines is 1.